The van der Waals surface area contributed by atoms with E-state index in [0.29, 0.717) is 24.7 Å². The van der Waals surface area contributed by atoms with Gasteiger partial charge in [0, 0.05) is 26.7 Å². The van der Waals surface area contributed by atoms with Crippen LogP contribution in [0.25, 0.3) is 11.0 Å². The molecule has 2 heterocycles. The van der Waals surface area contributed by atoms with Gasteiger partial charge in [-0.2, -0.15) is 0 Å². The average molecular weight is 287 g/mol. The van der Waals surface area contributed by atoms with Crippen molar-refractivity contribution in [3.8, 4) is 0 Å². The van der Waals surface area contributed by atoms with E-state index in [1.807, 2.05) is 24.3 Å². The van der Waals surface area contributed by atoms with E-state index in [9.17, 15) is 9.90 Å². The molecule has 1 fully saturated rings. The van der Waals surface area contributed by atoms with Gasteiger partial charge in [0.1, 0.15) is 6.04 Å². The Bertz CT molecular complexity index is 675. The Hall–Kier alpha value is -2.41. The zero-order valence-corrected chi connectivity index (χ0v) is 11.7. The molecule has 0 unspecified atom stereocenters. The number of para-hydroxylation sites is 2. The number of carboxylic acid groups (broad SMARTS) is 1. The smallest absolute Gasteiger partial charge is 0.327 e. The van der Waals surface area contributed by atoms with E-state index in [1.165, 1.54) is 0 Å². The van der Waals surface area contributed by atoms with E-state index in [4.69, 9.17) is 0 Å². The summed E-state index contributed by atoms with van der Waals surface area (Å²) >= 11 is 0. The summed E-state index contributed by atoms with van der Waals surface area (Å²) in [7, 11) is 1.76. The first-order valence-corrected chi connectivity index (χ1v) is 6.85. The van der Waals surface area contributed by atoms with Gasteiger partial charge < -0.3 is 20.6 Å². The van der Waals surface area contributed by atoms with Crippen molar-refractivity contribution in [3.05, 3.63) is 24.3 Å². The van der Waals surface area contributed by atoms with Crippen LogP contribution in [-0.4, -0.2) is 53.8 Å². The van der Waals surface area contributed by atoms with Crippen molar-refractivity contribution in [1.29, 1.82) is 0 Å². The van der Waals surface area contributed by atoms with Crippen LogP contribution in [0, 0.1) is 0 Å². The Balaban J connectivity index is 2.10. The molecule has 1 aromatic heterocycles. The monoisotopic (exact) mass is 287 g/mol. The molecule has 1 aliphatic rings. The number of rotatable bonds is 3. The second-order valence-electron chi connectivity index (χ2n) is 4.89. The number of carboxylic acids is 1. The molecule has 110 valence electrons. The van der Waals surface area contributed by atoms with Crippen molar-refractivity contribution < 1.29 is 9.90 Å². The van der Waals surface area contributed by atoms with Crippen molar-refractivity contribution >= 4 is 28.6 Å². The summed E-state index contributed by atoms with van der Waals surface area (Å²) in [4.78, 5) is 22.4. The number of carbonyl (C=O) groups is 1. The normalized spacial score (nSPS) is 18.7. The van der Waals surface area contributed by atoms with E-state index in [1.54, 1.807) is 11.9 Å². The Labute approximate surface area is 122 Å². The number of nitrogens with zero attached hydrogens (tertiary/aromatic N) is 3. The fraction of sp³-hybridized carbons (Fsp3) is 0.357. The predicted octanol–water partition coefficient (Wildman–Crippen LogP) is 0.534. The Morgan fingerprint density at radius 1 is 1.38 bits per heavy atom. The van der Waals surface area contributed by atoms with Crippen molar-refractivity contribution in [2.75, 3.05) is 36.9 Å². The van der Waals surface area contributed by atoms with Gasteiger partial charge in [-0.15, -0.1) is 0 Å². The molecule has 0 spiro atoms. The van der Waals surface area contributed by atoms with E-state index in [-0.39, 0.29) is 0 Å². The lowest BCUT2D eigenvalue weighted by Gasteiger charge is -2.35. The average Bonchev–Trinajstić information content (AvgIpc) is 2.53. The highest BCUT2D eigenvalue weighted by Crippen LogP contribution is 2.26. The summed E-state index contributed by atoms with van der Waals surface area (Å²) in [6.07, 6.45) is 0. The molecule has 0 amide bonds. The first kappa shape index (κ1) is 13.6. The van der Waals surface area contributed by atoms with Gasteiger partial charge in [0.05, 0.1) is 11.0 Å². The number of hydrogen-bond donors (Lipinski definition) is 3. The van der Waals surface area contributed by atoms with Gasteiger partial charge in [-0.3, -0.25) is 0 Å². The number of piperazine rings is 1. The highest BCUT2D eigenvalue weighted by molar-refractivity contribution is 5.84. The quantitative estimate of drug-likeness (QED) is 0.758. The molecule has 21 heavy (non-hydrogen) atoms. The number of hydrogen-bond acceptors (Lipinski definition) is 6. The van der Waals surface area contributed by atoms with Gasteiger partial charge in [-0.05, 0) is 12.1 Å². The minimum Gasteiger partial charge on any atom is -0.480 e. The van der Waals surface area contributed by atoms with Crippen LogP contribution in [0.15, 0.2) is 24.3 Å². The molecule has 1 aromatic carbocycles. The van der Waals surface area contributed by atoms with E-state index >= 15 is 0 Å². The molecule has 0 radical (unpaired) electrons. The van der Waals surface area contributed by atoms with Crippen LogP contribution in [0.4, 0.5) is 11.6 Å². The molecule has 1 atom stereocenters. The zero-order chi connectivity index (χ0) is 14.8. The van der Waals surface area contributed by atoms with Crippen LogP contribution >= 0.6 is 0 Å². The minimum absolute atomic E-state index is 0.396. The third kappa shape index (κ3) is 2.47. The molecular weight excluding hydrogens is 270 g/mol. The van der Waals surface area contributed by atoms with Gasteiger partial charge in [-0.25, -0.2) is 14.8 Å². The number of aliphatic carboxylic acids is 1. The largest absolute Gasteiger partial charge is 0.480 e. The standard InChI is InChI=1S/C14H17N5O2/c1-15-12-13(18-10-5-3-2-4-9(10)17-12)19-7-6-16-8-11(19)14(20)21/h2-5,11,16H,6-8H2,1H3,(H,15,17)(H,20,21)/t11-/m0/s1. The SMILES string of the molecule is CNc1nc2ccccc2nc1N1CCNC[C@H]1C(=O)O. The Morgan fingerprint density at radius 2 is 2.10 bits per heavy atom. The summed E-state index contributed by atoms with van der Waals surface area (Å²) < 4.78 is 0. The van der Waals surface area contributed by atoms with Crippen LogP contribution in [0.3, 0.4) is 0 Å². The lowest BCUT2D eigenvalue weighted by Crippen LogP contribution is -2.55. The highest BCUT2D eigenvalue weighted by atomic mass is 16.4. The molecule has 1 saturated heterocycles. The van der Waals surface area contributed by atoms with Crippen LogP contribution in [0.1, 0.15) is 0 Å². The molecule has 7 nitrogen and oxygen atoms in total. The fourth-order valence-electron chi connectivity index (χ4n) is 2.54. The molecule has 3 N–H and O–H groups in total. The van der Waals surface area contributed by atoms with Crippen molar-refractivity contribution in [2.24, 2.45) is 0 Å². The maximum Gasteiger partial charge on any atom is 0.327 e. The molecule has 3 rings (SSSR count). The van der Waals surface area contributed by atoms with E-state index in [2.05, 4.69) is 20.6 Å². The summed E-state index contributed by atoms with van der Waals surface area (Å²) in [5.41, 5.74) is 1.54. The fourth-order valence-corrected chi connectivity index (χ4v) is 2.54. The maximum absolute atomic E-state index is 11.5. The van der Waals surface area contributed by atoms with Crippen LogP contribution in [0.2, 0.25) is 0 Å². The van der Waals surface area contributed by atoms with E-state index in [0.717, 1.165) is 17.6 Å². The zero-order valence-electron chi connectivity index (χ0n) is 11.7. The summed E-state index contributed by atoms with van der Waals surface area (Å²) in [6.45, 7) is 1.70. The lowest BCUT2D eigenvalue weighted by atomic mass is 10.2. The Kier molecular flexibility index (Phi) is 3.57. The topological polar surface area (TPSA) is 90.4 Å². The molecule has 0 aliphatic carbocycles. The predicted molar refractivity (Wildman–Crippen MR) is 80.7 cm³/mol. The van der Waals surface area contributed by atoms with Gasteiger partial charge >= 0.3 is 5.97 Å². The molecule has 7 heteroatoms. The van der Waals surface area contributed by atoms with Crippen molar-refractivity contribution in [3.63, 3.8) is 0 Å². The van der Waals surface area contributed by atoms with Crippen LogP contribution in [-0.2, 0) is 4.79 Å². The number of anilines is 2. The minimum atomic E-state index is -0.862. The van der Waals surface area contributed by atoms with Crippen molar-refractivity contribution in [2.45, 2.75) is 6.04 Å². The molecule has 0 bridgehead atoms. The maximum atomic E-state index is 11.5. The Morgan fingerprint density at radius 3 is 2.76 bits per heavy atom. The summed E-state index contributed by atoms with van der Waals surface area (Å²) in [5.74, 6) is 0.325. The number of nitrogens with one attached hydrogen (secondary N) is 2. The van der Waals surface area contributed by atoms with E-state index < -0.39 is 12.0 Å². The number of aromatic nitrogens is 2. The third-order valence-corrected chi connectivity index (χ3v) is 3.59. The van der Waals surface area contributed by atoms with Gasteiger partial charge in [0.15, 0.2) is 11.6 Å². The number of fused-ring (bicyclic) bond motifs is 1. The van der Waals surface area contributed by atoms with Gasteiger partial charge in [0.25, 0.3) is 0 Å². The first-order valence-electron chi connectivity index (χ1n) is 6.85. The molecule has 2 aromatic rings. The molecule has 0 saturated carbocycles. The second-order valence-corrected chi connectivity index (χ2v) is 4.89. The number of benzene rings is 1. The second kappa shape index (κ2) is 5.53. The third-order valence-electron chi connectivity index (χ3n) is 3.59. The van der Waals surface area contributed by atoms with Crippen molar-refractivity contribution in [1.82, 2.24) is 15.3 Å². The molecule has 1 aliphatic heterocycles. The lowest BCUT2D eigenvalue weighted by molar-refractivity contribution is -0.138. The van der Waals surface area contributed by atoms with Gasteiger partial charge in [-0.1, -0.05) is 12.1 Å². The summed E-state index contributed by atoms with van der Waals surface area (Å²) in [5, 5.41) is 15.5. The van der Waals surface area contributed by atoms with Crippen LogP contribution in [0.5, 0.6) is 0 Å². The summed E-state index contributed by atoms with van der Waals surface area (Å²) in [6, 6.07) is 6.93. The molecular formula is C14H17N5O2. The highest BCUT2D eigenvalue weighted by Gasteiger charge is 2.31. The van der Waals surface area contributed by atoms with Crippen LogP contribution < -0.4 is 15.5 Å². The first-order chi connectivity index (χ1) is 10.2. The van der Waals surface area contributed by atoms with Gasteiger partial charge in [0.2, 0.25) is 0 Å².